The van der Waals surface area contributed by atoms with Crippen LogP contribution in [0.4, 0.5) is 21.9 Å². The van der Waals surface area contributed by atoms with Crippen LogP contribution in [-0.4, -0.2) is 112 Å². The SMILES string of the molecule is Cc1csc2c(OC(=O)N3CCN(C)CC3)cc3c(c12)[C@@H](CCl)CN3C(=O)c1cc2cc(NC(=O)c3cc4cc(NC(=O)CCCCCN5C(=O)C=CC5=O)ccc4[nH]3)ccc2[nH]1. The summed E-state index contributed by atoms with van der Waals surface area (Å²) in [6, 6.07) is 16.0. The van der Waals surface area contributed by atoms with Crippen molar-refractivity contribution in [3.05, 3.63) is 94.6 Å². The maximum absolute atomic E-state index is 14.4. The van der Waals surface area contributed by atoms with E-state index < -0.39 is 6.09 Å². The van der Waals surface area contributed by atoms with Crippen LogP contribution in [0.15, 0.2) is 72.1 Å². The summed E-state index contributed by atoms with van der Waals surface area (Å²) in [5, 5.41) is 10.3. The molecule has 4 N–H and O–H groups in total. The number of halogens is 1. The first-order valence-corrected chi connectivity index (χ1v) is 22.3. The predicted octanol–water partition coefficient (Wildman–Crippen LogP) is 7.58. The topological polar surface area (TPSA) is 180 Å². The van der Waals surface area contributed by atoms with Gasteiger partial charge in [-0.15, -0.1) is 22.9 Å². The van der Waals surface area contributed by atoms with Crippen molar-refractivity contribution in [1.82, 2.24) is 24.7 Å². The smallest absolute Gasteiger partial charge is 0.409 e. The van der Waals surface area contributed by atoms with Crippen LogP contribution >= 0.6 is 22.9 Å². The van der Waals surface area contributed by atoms with Gasteiger partial charge in [-0.1, -0.05) is 6.42 Å². The Balaban J connectivity index is 0.856. The third kappa shape index (κ3) is 8.41. The zero-order valence-corrected chi connectivity index (χ0v) is 36.3. The third-order valence-electron chi connectivity index (χ3n) is 11.9. The van der Waals surface area contributed by atoms with E-state index in [1.807, 2.05) is 25.4 Å². The van der Waals surface area contributed by atoms with Crippen LogP contribution in [0.3, 0.4) is 0 Å². The van der Waals surface area contributed by atoms with Gasteiger partial charge >= 0.3 is 6.09 Å². The van der Waals surface area contributed by atoms with Crippen molar-refractivity contribution in [2.45, 2.75) is 38.5 Å². The van der Waals surface area contributed by atoms with E-state index in [9.17, 15) is 28.8 Å². The van der Waals surface area contributed by atoms with E-state index in [4.69, 9.17) is 16.3 Å². The summed E-state index contributed by atoms with van der Waals surface area (Å²) in [5.74, 6) is -0.785. The number of carbonyl (C=O) groups is 6. The molecule has 1 atom stereocenters. The standard InChI is InChI=1S/C46H45ClN8O7S/c1-26-25-63-43-37(62-46(61)53-16-14-52(2)15-17-53)22-36-42(41(26)43)29(23-47)24-55(36)45(60)35-21-28-19-31(8-10-33(28)51-35)49-44(59)34-20-27-18-30(7-9-32(27)50-34)48-38(56)6-4-3-5-13-54-39(57)11-12-40(54)58/h7-12,18-22,25,29,50-51H,3-6,13-17,23-24H2,1-2H3,(H,48,56)(H,49,59)/t29-/m0/s1. The fourth-order valence-corrected chi connectivity index (χ4v) is 9.82. The number of thiophene rings is 1. The molecule has 15 nitrogen and oxygen atoms in total. The van der Waals surface area contributed by atoms with Crippen molar-refractivity contribution >= 4 is 108 Å². The molecule has 1 fully saturated rings. The molecule has 17 heteroatoms. The number of aromatic amines is 2. The Labute approximate surface area is 370 Å². The van der Waals surface area contributed by atoms with Gasteiger partial charge in [0.25, 0.3) is 23.6 Å². The molecule has 3 aromatic heterocycles. The zero-order chi connectivity index (χ0) is 43.9. The number of alkyl halides is 1. The first-order valence-electron chi connectivity index (χ1n) is 20.9. The third-order valence-corrected chi connectivity index (χ3v) is 13.4. The molecule has 6 amide bonds. The number of likely N-dealkylation sites (N-methyl/N-ethyl adjacent to an activating group) is 1. The molecule has 6 aromatic rings. The van der Waals surface area contributed by atoms with Crippen molar-refractivity contribution in [3.63, 3.8) is 0 Å². The second kappa shape index (κ2) is 17.3. The molecule has 0 radical (unpaired) electrons. The second-order valence-electron chi connectivity index (χ2n) is 16.3. The number of imide groups is 1. The van der Waals surface area contributed by atoms with Gasteiger partial charge in [-0.2, -0.15) is 0 Å². The van der Waals surface area contributed by atoms with E-state index in [0.29, 0.717) is 91.0 Å². The van der Waals surface area contributed by atoms with Gasteiger partial charge in [0.2, 0.25) is 5.91 Å². The summed E-state index contributed by atoms with van der Waals surface area (Å²) in [6.45, 7) is 5.39. The largest absolute Gasteiger partial charge is 0.415 e. The number of amides is 6. The van der Waals surface area contributed by atoms with Gasteiger partial charge in [-0.25, -0.2) is 4.79 Å². The molecule has 1 saturated heterocycles. The zero-order valence-electron chi connectivity index (χ0n) is 34.7. The van der Waals surface area contributed by atoms with Crippen molar-refractivity contribution in [2.24, 2.45) is 0 Å². The molecule has 3 aromatic carbocycles. The number of unbranched alkanes of at least 4 members (excludes halogenated alkanes) is 2. The molecule has 63 heavy (non-hydrogen) atoms. The van der Waals surface area contributed by atoms with E-state index in [1.165, 1.54) is 28.4 Å². The van der Waals surface area contributed by atoms with Gasteiger partial charge in [0, 0.05) is 114 Å². The Morgan fingerprint density at radius 3 is 2.21 bits per heavy atom. The number of anilines is 3. The average molecular weight is 889 g/mol. The molecule has 3 aliphatic rings. The number of hydrogen-bond donors (Lipinski definition) is 4. The van der Waals surface area contributed by atoms with Crippen molar-refractivity contribution in [2.75, 3.05) is 67.7 Å². The number of aryl methyl sites for hydroxylation is 1. The predicted molar refractivity (Wildman–Crippen MR) is 244 cm³/mol. The molecule has 0 saturated carbocycles. The van der Waals surface area contributed by atoms with Gasteiger partial charge in [0.05, 0.1) is 10.4 Å². The van der Waals surface area contributed by atoms with Gasteiger partial charge < -0.3 is 40.0 Å². The number of rotatable bonds is 12. The number of fused-ring (bicyclic) bond motifs is 5. The molecular weight excluding hydrogens is 844 g/mol. The molecular formula is C46H45ClN8O7S. The number of ether oxygens (including phenoxy) is 1. The van der Waals surface area contributed by atoms with Crippen LogP contribution in [0.5, 0.6) is 5.75 Å². The fourth-order valence-electron chi connectivity index (χ4n) is 8.55. The first kappa shape index (κ1) is 41.8. The van der Waals surface area contributed by atoms with Crippen LogP contribution in [0.25, 0.3) is 31.9 Å². The fraction of sp³-hybridized carbons (Fsp3) is 0.304. The average Bonchev–Trinajstić information content (AvgIpc) is 4.11. The number of nitrogens with zero attached hydrogens (tertiary/aromatic N) is 4. The summed E-state index contributed by atoms with van der Waals surface area (Å²) in [6.07, 6.45) is 4.33. The summed E-state index contributed by atoms with van der Waals surface area (Å²) < 4.78 is 6.92. The van der Waals surface area contributed by atoms with Crippen LogP contribution in [0.1, 0.15) is 63.7 Å². The summed E-state index contributed by atoms with van der Waals surface area (Å²) >= 11 is 8.07. The summed E-state index contributed by atoms with van der Waals surface area (Å²) in [4.78, 5) is 90.4. The molecule has 6 heterocycles. The van der Waals surface area contributed by atoms with Crippen molar-refractivity contribution in [1.29, 1.82) is 0 Å². The van der Waals surface area contributed by atoms with E-state index >= 15 is 0 Å². The molecule has 0 spiro atoms. The van der Waals surface area contributed by atoms with Crippen LogP contribution in [0, 0.1) is 6.92 Å². The summed E-state index contributed by atoms with van der Waals surface area (Å²) in [7, 11) is 2.03. The highest BCUT2D eigenvalue weighted by atomic mass is 35.5. The van der Waals surface area contributed by atoms with Crippen LogP contribution in [-0.2, 0) is 14.4 Å². The number of H-pyrrole nitrogens is 2. The summed E-state index contributed by atoms with van der Waals surface area (Å²) in [5.41, 5.74) is 5.91. The maximum atomic E-state index is 14.4. The lowest BCUT2D eigenvalue weighted by molar-refractivity contribution is -0.136. The maximum Gasteiger partial charge on any atom is 0.415 e. The molecule has 3 aliphatic heterocycles. The van der Waals surface area contributed by atoms with E-state index in [2.05, 4.69) is 25.5 Å². The van der Waals surface area contributed by atoms with Crippen molar-refractivity contribution < 1.29 is 33.5 Å². The van der Waals surface area contributed by atoms with Gasteiger partial charge in [-0.3, -0.25) is 28.9 Å². The Kier molecular flexibility index (Phi) is 11.5. The molecule has 0 unspecified atom stereocenters. The molecule has 9 rings (SSSR count). The lowest BCUT2D eigenvalue weighted by Gasteiger charge is -2.31. The van der Waals surface area contributed by atoms with Crippen LogP contribution in [0.2, 0.25) is 0 Å². The second-order valence-corrected chi connectivity index (χ2v) is 17.5. The van der Waals surface area contributed by atoms with E-state index in [-0.39, 0.29) is 41.9 Å². The minimum atomic E-state index is -0.411. The minimum Gasteiger partial charge on any atom is -0.409 e. The van der Waals surface area contributed by atoms with Gasteiger partial charge in [-0.05, 0) is 91.9 Å². The highest BCUT2D eigenvalue weighted by molar-refractivity contribution is 7.17. The Morgan fingerprint density at radius 1 is 0.841 bits per heavy atom. The molecule has 0 aliphatic carbocycles. The number of carbonyl (C=O) groups excluding carboxylic acids is 6. The van der Waals surface area contributed by atoms with Gasteiger partial charge in [0.1, 0.15) is 11.4 Å². The number of nitrogens with one attached hydrogen (secondary N) is 4. The minimum absolute atomic E-state index is 0.126. The Bertz CT molecular complexity index is 2850. The number of aromatic nitrogens is 2. The van der Waals surface area contributed by atoms with E-state index in [0.717, 1.165) is 50.6 Å². The Morgan fingerprint density at radius 2 is 1.51 bits per heavy atom. The normalized spacial score (nSPS) is 16.5. The lowest BCUT2D eigenvalue weighted by Crippen LogP contribution is -2.48. The van der Waals surface area contributed by atoms with E-state index in [1.54, 1.807) is 58.3 Å². The first-order chi connectivity index (χ1) is 30.4. The highest BCUT2D eigenvalue weighted by Crippen LogP contribution is 2.49. The lowest BCUT2D eigenvalue weighted by atomic mass is 9.97. The quantitative estimate of drug-likeness (QED) is 0.0552. The van der Waals surface area contributed by atoms with Crippen LogP contribution < -0.4 is 20.3 Å². The number of hydrogen-bond acceptors (Lipinski definition) is 9. The number of benzene rings is 3. The highest BCUT2D eigenvalue weighted by Gasteiger charge is 2.37. The van der Waals surface area contributed by atoms with Crippen molar-refractivity contribution in [3.8, 4) is 5.75 Å². The number of piperazine rings is 1. The van der Waals surface area contributed by atoms with Gasteiger partial charge in [0.15, 0.2) is 5.75 Å². The Hall–Kier alpha value is -6.49. The molecule has 0 bridgehead atoms. The molecule has 324 valence electrons. The monoisotopic (exact) mass is 888 g/mol.